The number of nitro benzene ring substituents is 2. The van der Waals surface area contributed by atoms with Gasteiger partial charge in [-0.2, -0.15) is 5.26 Å². The summed E-state index contributed by atoms with van der Waals surface area (Å²) in [5.74, 6) is -0.497. The second kappa shape index (κ2) is 9.28. The monoisotopic (exact) mass is 416 g/mol. The van der Waals surface area contributed by atoms with E-state index in [0.29, 0.717) is 5.56 Å². The molecule has 0 spiro atoms. The molecule has 3 aromatic carbocycles. The van der Waals surface area contributed by atoms with Crippen molar-refractivity contribution in [3.63, 3.8) is 0 Å². The zero-order valence-corrected chi connectivity index (χ0v) is 16.1. The Hall–Kier alpha value is -4.58. The zero-order chi connectivity index (χ0) is 22.4. The summed E-state index contributed by atoms with van der Waals surface area (Å²) < 4.78 is 0. The van der Waals surface area contributed by atoms with Crippen LogP contribution in [0.25, 0.3) is 0 Å². The van der Waals surface area contributed by atoms with Crippen LogP contribution in [0.15, 0.2) is 78.9 Å². The molecule has 3 rings (SSSR count). The minimum atomic E-state index is -1.02. The SMILES string of the molecule is N#CC(c1ccc([N+](=O)[O-])cc1)N(Cc1ccccc1)C(=O)c1ccc([N+](=O)[O-])cc1. The lowest BCUT2D eigenvalue weighted by molar-refractivity contribution is -0.385. The molecule has 31 heavy (non-hydrogen) atoms. The number of rotatable bonds is 7. The topological polar surface area (TPSA) is 130 Å². The van der Waals surface area contributed by atoms with Gasteiger partial charge in [-0.15, -0.1) is 0 Å². The molecule has 1 unspecified atom stereocenters. The van der Waals surface area contributed by atoms with E-state index in [1.165, 1.54) is 53.4 Å². The molecule has 0 fully saturated rings. The van der Waals surface area contributed by atoms with Gasteiger partial charge in [-0.3, -0.25) is 25.0 Å². The van der Waals surface area contributed by atoms with Gasteiger partial charge in [-0.05, 0) is 35.4 Å². The molecule has 0 aromatic heterocycles. The first-order valence-corrected chi connectivity index (χ1v) is 9.14. The zero-order valence-electron chi connectivity index (χ0n) is 16.1. The van der Waals surface area contributed by atoms with Gasteiger partial charge in [0.2, 0.25) is 0 Å². The molecule has 1 atom stereocenters. The Morgan fingerprint density at radius 3 is 1.87 bits per heavy atom. The second-order valence-corrected chi connectivity index (χ2v) is 6.60. The van der Waals surface area contributed by atoms with Crippen LogP contribution in [0.5, 0.6) is 0 Å². The number of hydrogen-bond acceptors (Lipinski definition) is 6. The summed E-state index contributed by atoms with van der Waals surface area (Å²) in [7, 11) is 0. The maximum absolute atomic E-state index is 13.3. The van der Waals surface area contributed by atoms with Crippen LogP contribution < -0.4 is 0 Å². The quantitative estimate of drug-likeness (QED) is 0.414. The summed E-state index contributed by atoms with van der Waals surface area (Å²) in [4.78, 5) is 35.3. The summed E-state index contributed by atoms with van der Waals surface area (Å²) in [5, 5.41) is 31.7. The van der Waals surface area contributed by atoms with Crippen LogP contribution in [-0.4, -0.2) is 20.7 Å². The van der Waals surface area contributed by atoms with Gasteiger partial charge >= 0.3 is 0 Å². The highest BCUT2D eigenvalue weighted by Crippen LogP contribution is 2.27. The van der Waals surface area contributed by atoms with Crippen molar-refractivity contribution >= 4 is 17.3 Å². The largest absolute Gasteiger partial charge is 0.314 e. The summed E-state index contributed by atoms with van der Waals surface area (Å²) >= 11 is 0. The van der Waals surface area contributed by atoms with Gasteiger partial charge in [-0.25, -0.2) is 0 Å². The van der Waals surface area contributed by atoms with Crippen molar-refractivity contribution in [2.75, 3.05) is 0 Å². The number of carbonyl (C=O) groups excluding carboxylic acids is 1. The van der Waals surface area contributed by atoms with E-state index in [1.54, 1.807) is 24.3 Å². The summed E-state index contributed by atoms with van der Waals surface area (Å²) in [6.45, 7) is 0.103. The molecule has 0 saturated carbocycles. The lowest BCUT2D eigenvalue weighted by Crippen LogP contribution is -2.34. The molecule has 0 heterocycles. The average Bonchev–Trinajstić information content (AvgIpc) is 2.79. The van der Waals surface area contributed by atoms with E-state index in [-0.39, 0.29) is 23.5 Å². The molecule has 0 bridgehead atoms. The molecular formula is C22H16N4O5. The fraction of sp³-hybridized carbons (Fsp3) is 0.0909. The molecule has 0 saturated heterocycles. The molecule has 0 aliphatic carbocycles. The Morgan fingerprint density at radius 1 is 0.871 bits per heavy atom. The van der Waals surface area contributed by atoms with Crippen LogP contribution in [0.2, 0.25) is 0 Å². The van der Waals surface area contributed by atoms with Crippen LogP contribution >= 0.6 is 0 Å². The minimum Gasteiger partial charge on any atom is -0.314 e. The van der Waals surface area contributed by atoms with E-state index >= 15 is 0 Å². The standard InChI is InChI=1S/C22H16N4O5/c23-14-21(17-6-10-19(11-7-17)25(28)29)24(15-16-4-2-1-3-5-16)22(27)18-8-12-20(13-9-18)26(30)31/h1-13,21H,15H2. The normalized spacial score (nSPS) is 11.2. The van der Waals surface area contributed by atoms with Gasteiger partial charge in [0.15, 0.2) is 0 Å². The van der Waals surface area contributed by atoms with Gasteiger partial charge in [-0.1, -0.05) is 30.3 Å². The minimum absolute atomic E-state index is 0.103. The number of nitrogens with zero attached hydrogens (tertiary/aromatic N) is 4. The van der Waals surface area contributed by atoms with Crippen LogP contribution in [0.4, 0.5) is 11.4 Å². The van der Waals surface area contributed by atoms with Crippen molar-refractivity contribution in [3.05, 3.63) is 116 Å². The summed E-state index contributed by atoms with van der Waals surface area (Å²) in [6, 6.07) is 20.7. The Labute approximate surface area is 177 Å². The van der Waals surface area contributed by atoms with Gasteiger partial charge in [0.25, 0.3) is 17.3 Å². The molecule has 9 heteroatoms. The van der Waals surface area contributed by atoms with Crippen molar-refractivity contribution in [1.82, 2.24) is 4.90 Å². The highest BCUT2D eigenvalue weighted by atomic mass is 16.6. The van der Waals surface area contributed by atoms with Crippen molar-refractivity contribution < 1.29 is 14.6 Å². The van der Waals surface area contributed by atoms with Crippen LogP contribution in [-0.2, 0) is 6.54 Å². The molecule has 0 aliphatic heterocycles. The van der Waals surface area contributed by atoms with Gasteiger partial charge in [0, 0.05) is 36.4 Å². The van der Waals surface area contributed by atoms with Crippen LogP contribution in [0.1, 0.15) is 27.5 Å². The molecule has 3 aromatic rings. The van der Waals surface area contributed by atoms with Crippen molar-refractivity contribution in [1.29, 1.82) is 5.26 Å². The molecule has 1 amide bonds. The predicted molar refractivity (Wildman–Crippen MR) is 111 cm³/mol. The van der Waals surface area contributed by atoms with E-state index in [4.69, 9.17) is 0 Å². The van der Waals surface area contributed by atoms with E-state index < -0.39 is 21.8 Å². The van der Waals surface area contributed by atoms with Gasteiger partial charge in [0.05, 0.1) is 15.9 Å². The van der Waals surface area contributed by atoms with E-state index in [2.05, 4.69) is 6.07 Å². The number of nitriles is 1. The first-order chi connectivity index (χ1) is 14.9. The number of amides is 1. The van der Waals surface area contributed by atoms with E-state index in [0.717, 1.165) is 5.56 Å². The first kappa shape index (κ1) is 21.1. The molecular weight excluding hydrogens is 400 g/mol. The van der Waals surface area contributed by atoms with Crippen LogP contribution in [0.3, 0.4) is 0 Å². The number of benzene rings is 3. The lowest BCUT2D eigenvalue weighted by atomic mass is 10.0. The predicted octanol–water partition coefficient (Wildman–Crippen LogP) is 4.41. The van der Waals surface area contributed by atoms with E-state index in [1.807, 2.05) is 6.07 Å². The number of non-ortho nitro benzene ring substituents is 2. The smallest absolute Gasteiger partial charge is 0.269 e. The Kier molecular flexibility index (Phi) is 6.33. The highest BCUT2D eigenvalue weighted by molar-refractivity contribution is 5.95. The number of hydrogen-bond donors (Lipinski definition) is 0. The second-order valence-electron chi connectivity index (χ2n) is 6.60. The molecule has 0 N–H and O–H groups in total. The Morgan fingerprint density at radius 2 is 1.39 bits per heavy atom. The Bertz CT molecular complexity index is 1140. The van der Waals surface area contributed by atoms with Crippen molar-refractivity contribution in [2.45, 2.75) is 12.6 Å². The van der Waals surface area contributed by atoms with Crippen molar-refractivity contribution in [2.24, 2.45) is 0 Å². The fourth-order valence-electron chi connectivity index (χ4n) is 3.05. The highest BCUT2D eigenvalue weighted by Gasteiger charge is 2.27. The molecule has 0 aliphatic rings. The number of carbonyl (C=O) groups is 1. The number of nitro groups is 2. The van der Waals surface area contributed by atoms with Gasteiger partial charge < -0.3 is 4.90 Å². The van der Waals surface area contributed by atoms with E-state index in [9.17, 15) is 30.3 Å². The van der Waals surface area contributed by atoms with Crippen LogP contribution in [0, 0.1) is 31.6 Å². The molecule has 154 valence electrons. The maximum Gasteiger partial charge on any atom is 0.269 e. The molecule has 9 nitrogen and oxygen atoms in total. The fourth-order valence-corrected chi connectivity index (χ4v) is 3.05. The third-order valence-electron chi connectivity index (χ3n) is 4.64. The molecule has 0 radical (unpaired) electrons. The van der Waals surface area contributed by atoms with Gasteiger partial charge in [0.1, 0.15) is 6.04 Å². The van der Waals surface area contributed by atoms with Crippen molar-refractivity contribution in [3.8, 4) is 6.07 Å². The first-order valence-electron chi connectivity index (χ1n) is 9.14. The maximum atomic E-state index is 13.3. The Balaban J connectivity index is 1.99. The average molecular weight is 416 g/mol. The third kappa shape index (κ3) is 4.89. The third-order valence-corrected chi connectivity index (χ3v) is 4.64. The lowest BCUT2D eigenvalue weighted by Gasteiger charge is -2.28. The summed E-state index contributed by atoms with van der Waals surface area (Å²) in [6.07, 6.45) is 0. The summed E-state index contributed by atoms with van der Waals surface area (Å²) in [5.41, 5.74) is 1.10.